The minimum absolute atomic E-state index is 0.0473. The van der Waals surface area contributed by atoms with E-state index in [1.54, 1.807) is 52.4 Å². The van der Waals surface area contributed by atoms with Crippen molar-refractivity contribution in [3.63, 3.8) is 0 Å². The normalized spacial score (nSPS) is 15.5. The van der Waals surface area contributed by atoms with Gasteiger partial charge < -0.3 is 9.64 Å². The number of imidazole rings is 2. The second-order valence-electron chi connectivity index (χ2n) is 12.1. The van der Waals surface area contributed by atoms with Crippen molar-refractivity contribution < 1.29 is 9.13 Å². The highest BCUT2D eigenvalue weighted by molar-refractivity contribution is 5.88. The second kappa shape index (κ2) is 9.33. The molecule has 2 aromatic carbocycles. The van der Waals surface area contributed by atoms with E-state index in [1.807, 2.05) is 23.7 Å². The molecule has 3 aromatic heterocycles. The summed E-state index contributed by atoms with van der Waals surface area (Å²) in [4.78, 5) is 20.3. The number of halogens is 1. The molecule has 6 rings (SSSR count). The van der Waals surface area contributed by atoms with Crippen LogP contribution < -0.4 is 10.4 Å². The van der Waals surface area contributed by atoms with E-state index in [-0.39, 0.29) is 23.0 Å². The molecule has 210 valence electrons. The monoisotopic (exact) mass is 545 g/mol. The molecule has 1 saturated heterocycles. The number of nitrogens with zero attached hydrogens (tertiary/aromatic N) is 7. The summed E-state index contributed by atoms with van der Waals surface area (Å²) in [5.74, 6) is 1.09. The molecule has 0 amide bonds. The number of fused-ring (bicyclic) bond motifs is 2. The zero-order valence-electron chi connectivity index (χ0n) is 24.2. The molecule has 0 spiro atoms. The molecule has 1 aliphatic rings. The van der Waals surface area contributed by atoms with Gasteiger partial charge in [-0.3, -0.25) is 18.4 Å². The van der Waals surface area contributed by atoms with Gasteiger partial charge in [-0.05, 0) is 32.0 Å². The van der Waals surface area contributed by atoms with Gasteiger partial charge in [0.1, 0.15) is 29.0 Å². The van der Waals surface area contributed by atoms with E-state index in [2.05, 4.69) is 37.8 Å². The van der Waals surface area contributed by atoms with Gasteiger partial charge in [-0.2, -0.15) is 5.10 Å². The van der Waals surface area contributed by atoms with Gasteiger partial charge in [-0.15, -0.1) is 0 Å². The van der Waals surface area contributed by atoms with E-state index < -0.39 is 0 Å². The molecule has 0 saturated carbocycles. The molecule has 0 atom stereocenters. The fraction of sp³-hybridized carbons (Fsp3) is 0.433. The topological polar surface area (TPSA) is 75.0 Å². The van der Waals surface area contributed by atoms with E-state index in [9.17, 15) is 4.79 Å². The highest BCUT2D eigenvalue weighted by Gasteiger charge is 2.28. The third-order valence-corrected chi connectivity index (χ3v) is 7.96. The zero-order valence-corrected chi connectivity index (χ0v) is 24.2. The average Bonchev–Trinajstić information content (AvgIpc) is 3.56. The maximum Gasteiger partial charge on any atom is 0.328 e. The Hall–Kier alpha value is -3.92. The summed E-state index contributed by atoms with van der Waals surface area (Å²) in [5.41, 5.74) is 4.30. The quantitative estimate of drug-likeness (QED) is 0.332. The molecular weight excluding hydrogens is 509 g/mol. The first-order chi connectivity index (χ1) is 18.9. The molecule has 0 N–H and O–H groups in total. The number of likely N-dealkylation sites (tertiary alicyclic amines) is 1. The molecule has 1 fully saturated rings. The summed E-state index contributed by atoms with van der Waals surface area (Å²) in [5, 5.41) is 4.21. The van der Waals surface area contributed by atoms with Crippen LogP contribution in [0.4, 0.5) is 4.39 Å². The van der Waals surface area contributed by atoms with Crippen molar-refractivity contribution in [3.8, 4) is 22.6 Å². The first-order valence-electron chi connectivity index (χ1n) is 13.7. The van der Waals surface area contributed by atoms with Crippen LogP contribution in [0.15, 0.2) is 41.5 Å². The van der Waals surface area contributed by atoms with Crippen LogP contribution in [0.5, 0.6) is 5.75 Å². The molecule has 5 aromatic rings. The smallest absolute Gasteiger partial charge is 0.328 e. The van der Waals surface area contributed by atoms with E-state index in [1.165, 1.54) is 0 Å². The summed E-state index contributed by atoms with van der Waals surface area (Å²) < 4.78 is 29.2. The van der Waals surface area contributed by atoms with Gasteiger partial charge in [-0.1, -0.05) is 20.8 Å². The van der Waals surface area contributed by atoms with Crippen LogP contribution in [0.2, 0.25) is 0 Å². The lowest BCUT2D eigenvalue weighted by atomic mass is 9.95. The second-order valence-corrected chi connectivity index (χ2v) is 12.1. The van der Waals surface area contributed by atoms with Crippen molar-refractivity contribution in [3.05, 3.63) is 58.8 Å². The Morgan fingerprint density at radius 1 is 0.975 bits per heavy atom. The fourth-order valence-electron chi connectivity index (χ4n) is 5.74. The van der Waals surface area contributed by atoms with Crippen molar-refractivity contribution in [2.24, 2.45) is 21.1 Å². The standard InChI is InChI=1S/C30H36FN7O2/c1-30(2,3)28-33-23-14-21(18-16-32-35(5)17-18)22(31)15-24(23)38(28)19-12-25-27(37(7)29(39)36(25)6)26(13-19)40-20-8-10-34(4)11-9-20/h12-17,20H,8-11H2,1-7H3. The fourth-order valence-corrected chi connectivity index (χ4v) is 5.74. The van der Waals surface area contributed by atoms with Crippen LogP contribution in [0.3, 0.4) is 0 Å². The van der Waals surface area contributed by atoms with E-state index >= 15 is 4.39 Å². The highest BCUT2D eigenvalue weighted by atomic mass is 19.1. The Kier molecular flexibility index (Phi) is 6.14. The minimum Gasteiger partial charge on any atom is -0.488 e. The molecule has 0 unspecified atom stereocenters. The summed E-state index contributed by atoms with van der Waals surface area (Å²) in [6, 6.07) is 7.29. The first kappa shape index (κ1) is 26.3. The van der Waals surface area contributed by atoms with Crippen molar-refractivity contribution in [2.45, 2.75) is 45.1 Å². The minimum atomic E-state index is -0.351. The Bertz CT molecular complexity index is 1810. The number of hydrogen-bond acceptors (Lipinski definition) is 5. The van der Waals surface area contributed by atoms with Gasteiger partial charge >= 0.3 is 5.69 Å². The van der Waals surface area contributed by atoms with Crippen LogP contribution in [-0.4, -0.2) is 59.6 Å². The number of ether oxygens (including phenoxy) is 1. The maximum absolute atomic E-state index is 15.7. The zero-order chi connectivity index (χ0) is 28.5. The van der Waals surface area contributed by atoms with Gasteiger partial charge in [0.2, 0.25) is 0 Å². The molecular formula is C30H36FN7O2. The number of rotatable bonds is 4. The molecule has 0 aliphatic carbocycles. The molecule has 0 bridgehead atoms. The Morgan fingerprint density at radius 3 is 2.35 bits per heavy atom. The van der Waals surface area contributed by atoms with Crippen LogP contribution in [0.25, 0.3) is 38.9 Å². The van der Waals surface area contributed by atoms with E-state index in [0.717, 1.165) is 48.5 Å². The van der Waals surface area contributed by atoms with Crippen molar-refractivity contribution in [1.82, 2.24) is 33.4 Å². The number of piperidine rings is 1. The first-order valence-corrected chi connectivity index (χ1v) is 13.7. The Balaban J connectivity index is 1.59. The summed E-state index contributed by atoms with van der Waals surface area (Å²) >= 11 is 0. The van der Waals surface area contributed by atoms with E-state index in [0.29, 0.717) is 27.9 Å². The lowest BCUT2D eigenvalue weighted by molar-refractivity contribution is 0.115. The molecule has 0 radical (unpaired) electrons. The van der Waals surface area contributed by atoms with Crippen molar-refractivity contribution >= 4 is 22.1 Å². The molecule has 40 heavy (non-hydrogen) atoms. The van der Waals surface area contributed by atoms with Gasteiger partial charge in [0.15, 0.2) is 0 Å². The Labute approximate surface area is 232 Å². The van der Waals surface area contributed by atoms with Crippen LogP contribution in [-0.2, 0) is 26.6 Å². The average molecular weight is 546 g/mol. The van der Waals surface area contributed by atoms with Crippen LogP contribution in [0, 0.1) is 5.82 Å². The number of aryl methyl sites for hydroxylation is 3. The van der Waals surface area contributed by atoms with Gasteiger partial charge in [0.05, 0.1) is 28.4 Å². The molecule has 10 heteroatoms. The SMILES string of the molecule is CN1CCC(Oc2cc(-n3c(C(C)(C)C)nc4cc(-c5cnn(C)c5)c(F)cc43)cc3c2n(C)c(=O)n3C)CC1. The number of aromatic nitrogens is 6. The van der Waals surface area contributed by atoms with Crippen molar-refractivity contribution in [1.29, 1.82) is 0 Å². The summed E-state index contributed by atoms with van der Waals surface area (Å²) in [7, 11) is 7.47. The largest absolute Gasteiger partial charge is 0.488 e. The predicted molar refractivity (Wildman–Crippen MR) is 155 cm³/mol. The van der Waals surface area contributed by atoms with Crippen LogP contribution in [0.1, 0.15) is 39.4 Å². The summed E-state index contributed by atoms with van der Waals surface area (Å²) in [6.07, 6.45) is 5.32. The maximum atomic E-state index is 15.7. The van der Waals surface area contributed by atoms with Gasteiger partial charge in [0.25, 0.3) is 0 Å². The summed E-state index contributed by atoms with van der Waals surface area (Å²) in [6.45, 7) is 8.20. The third-order valence-electron chi connectivity index (χ3n) is 7.96. The lowest BCUT2D eigenvalue weighted by Crippen LogP contribution is -2.35. The number of benzene rings is 2. The Morgan fingerprint density at radius 2 is 1.70 bits per heavy atom. The molecule has 9 nitrogen and oxygen atoms in total. The molecule has 1 aliphatic heterocycles. The predicted octanol–water partition coefficient (Wildman–Crippen LogP) is 4.53. The van der Waals surface area contributed by atoms with Gasteiger partial charge in [-0.25, -0.2) is 14.2 Å². The highest BCUT2D eigenvalue weighted by Crippen LogP contribution is 2.37. The number of hydrogen-bond donors (Lipinski definition) is 0. The molecule has 4 heterocycles. The van der Waals surface area contributed by atoms with Crippen molar-refractivity contribution in [2.75, 3.05) is 20.1 Å². The van der Waals surface area contributed by atoms with Gasteiger partial charge in [0, 0.05) is 69.1 Å². The van der Waals surface area contributed by atoms with Crippen LogP contribution >= 0.6 is 0 Å². The lowest BCUT2D eigenvalue weighted by Gasteiger charge is -2.29. The van der Waals surface area contributed by atoms with E-state index in [4.69, 9.17) is 9.72 Å². The third kappa shape index (κ3) is 4.30.